The van der Waals surface area contributed by atoms with Gasteiger partial charge in [-0.05, 0) is 58.4 Å². The van der Waals surface area contributed by atoms with Crippen molar-refractivity contribution in [1.29, 1.82) is 0 Å². The minimum absolute atomic E-state index is 0.231. The lowest BCUT2D eigenvalue weighted by atomic mass is 10.1. The Morgan fingerprint density at radius 1 is 1.24 bits per heavy atom. The summed E-state index contributed by atoms with van der Waals surface area (Å²) in [4.78, 5) is 26.3. The first-order valence-corrected chi connectivity index (χ1v) is 10.2. The van der Waals surface area contributed by atoms with E-state index in [-0.39, 0.29) is 23.2 Å². The zero-order valence-electron chi connectivity index (χ0n) is 17.2. The molecule has 6 nitrogen and oxygen atoms in total. The van der Waals surface area contributed by atoms with E-state index >= 15 is 0 Å². The lowest BCUT2D eigenvalue weighted by molar-refractivity contribution is -0.124. The molecule has 2 heterocycles. The van der Waals surface area contributed by atoms with Gasteiger partial charge in [0.15, 0.2) is 0 Å². The van der Waals surface area contributed by atoms with Gasteiger partial charge in [0, 0.05) is 10.9 Å². The molecule has 3 aromatic rings. The first kappa shape index (κ1) is 21.0. The number of aromatic nitrogens is 2. The van der Waals surface area contributed by atoms with Crippen LogP contribution in [0.5, 0.6) is 0 Å². The molecule has 154 valence electrons. The van der Waals surface area contributed by atoms with E-state index in [0.717, 1.165) is 21.5 Å². The summed E-state index contributed by atoms with van der Waals surface area (Å²) < 4.78 is 14.9. The number of benzene rings is 1. The number of nitrogens with zero attached hydrogens (tertiary/aromatic N) is 2. The molecule has 1 unspecified atom stereocenters. The maximum Gasteiger partial charge on any atom is 0.262 e. The van der Waals surface area contributed by atoms with Gasteiger partial charge in [0.05, 0.1) is 17.1 Å². The van der Waals surface area contributed by atoms with E-state index in [1.54, 1.807) is 25.1 Å². The molecular weight excluding hydrogens is 391 g/mol. The van der Waals surface area contributed by atoms with Gasteiger partial charge in [-0.2, -0.15) is 5.10 Å². The zero-order chi connectivity index (χ0) is 21.3. The Kier molecular flexibility index (Phi) is 5.75. The topological polar surface area (TPSA) is 76.0 Å². The van der Waals surface area contributed by atoms with Crippen LogP contribution in [0.15, 0.2) is 30.3 Å². The summed E-state index contributed by atoms with van der Waals surface area (Å²) in [5.74, 6) is -0.809. The van der Waals surface area contributed by atoms with E-state index in [1.165, 1.54) is 23.5 Å². The molecule has 0 radical (unpaired) electrons. The molecule has 1 atom stereocenters. The first-order chi connectivity index (χ1) is 13.5. The van der Waals surface area contributed by atoms with Crippen LogP contribution in [-0.2, 0) is 11.3 Å². The third kappa shape index (κ3) is 5.00. The minimum Gasteiger partial charge on any atom is -0.350 e. The van der Waals surface area contributed by atoms with Crippen molar-refractivity contribution < 1.29 is 14.0 Å². The van der Waals surface area contributed by atoms with E-state index in [9.17, 15) is 14.0 Å². The second-order valence-electron chi connectivity index (χ2n) is 8.13. The highest BCUT2D eigenvalue weighted by Crippen LogP contribution is 2.29. The maximum atomic E-state index is 13.1. The maximum absolute atomic E-state index is 13.1. The van der Waals surface area contributed by atoms with Gasteiger partial charge in [-0.15, -0.1) is 11.3 Å². The standard InChI is InChI=1S/C21H25FN4O2S/c1-12-16-10-17(19(28)23-13(2)18(27)24-21(3,4)5)29-20(16)26(25-12)11-14-6-8-15(22)9-7-14/h6-10,13H,11H2,1-5H3,(H,23,28)(H,24,27). The first-order valence-electron chi connectivity index (χ1n) is 9.38. The third-order valence-corrected chi connectivity index (χ3v) is 5.46. The van der Waals surface area contributed by atoms with Crippen LogP contribution in [0.2, 0.25) is 0 Å². The van der Waals surface area contributed by atoms with Crippen molar-refractivity contribution in [2.24, 2.45) is 0 Å². The number of amides is 2. The molecule has 0 aliphatic carbocycles. The molecule has 0 aliphatic rings. The summed E-state index contributed by atoms with van der Waals surface area (Å²) in [6, 6.07) is 7.42. The fraction of sp³-hybridized carbons (Fsp3) is 0.381. The van der Waals surface area contributed by atoms with E-state index in [4.69, 9.17) is 0 Å². The second-order valence-corrected chi connectivity index (χ2v) is 9.16. The lowest BCUT2D eigenvalue weighted by Gasteiger charge is -2.23. The van der Waals surface area contributed by atoms with Crippen molar-refractivity contribution in [2.75, 3.05) is 0 Å². The van der Waals surface area contributed by atoms with Gasteiger partial charge in [0.1, 0.15) is 16.7 Å². The number of aryl methyl sites for hydroxylation is 1. The molecule has 0 saturated carbocycles. The van der Waals surface area contributed by atoms with Crippen LogP contribution in [0.1, 0.15) is 48.6 Å². The molecule has 29 heavy (non-hydrogen) atoms. The Balaban J connectivity index is 1.78. The van der Waals surface area contributed by atoms with Crippen LogP contribution >= 0.6 is 11.3 Å². The van der Waals surface area contributed by atoms with Crippen LogP contribution < -0.4 is 10.6 Å². The summed E-state index contributed by atoms with van der Waals surface area (Å²) in [7, 11) is 0. The van der Waals surface area contributed by atoms with Gasteiger partial charge in [0.25, 0.3) is 5.91 Å². The second kappa shape index (κ2) is 7.94. The lowest BCUT2D eigenvalue weighted by Crippen LogP contribution is -2.50. The Bertz CT molecular complexity index is 1050. The Hall–Kier alpha value is -2.74. The number of hydrogen-bond acceptors (Lipinski definition) is 4. The van der Waals surface area contributed by atoms with Gasteiger partial charge >= 0.3 is 0 Å². The minimum atomic E-state index is -0.649. The molecule has 2 N–H and O–H groups in total. The molecule has 0 bridgehead atoms. The predicted molar refractivity (Wildman–Crippen MR) is 113 cm³/mol. The monoisotopic (exact) mass is 416 g/mol. The molecule has 0 aliphatic heterocycles. The quantitative estimate of drug-likeness (QED) is 0.667. The van der Waals surface area contributed by atoms with E-state index in [0.29, 0.717) is 11.4 Å². The Morgan fingerprint density at radius 2 is 1.90 bits per heavy atom. The highest BCUT2D eigenvalue weighted by Gasteiger charge is 2.23. The number of carbonyl (C=O) groups excluding carboxylic acids is 2. The SMILES string of the molecule is Cc1nn(Cc2ccc(F)cc2)c2sc(C(=O)NC(C)C(=O)NC(C)(C)C)cc12. The number of halogens is 1. The van der Waals surface area contributed by atoms with Crippen molar-refractivity contribution in [3.63, 3.8) is 0 Å². The van der Waals surface area contributed by atoms with Crippen molar-refractivity contribution in [3.05, 3.63) is 52.3 Å². The normalized spacial score (nSPS) is 12.8. The van der Waals surface area contributed by atoms with Gasteiger partial charge in [0.2, 0.25) is 5.91 Å². The van der Waals surface area contributed by atoms with E-state index < -0.39 is 6.04 Å². The summed E-state index contributed by atoms with van der Waals surface area (Å²) in [5, 5.41) is 11.0. The molecule has 8 heteroatoms. The predicted octanol–water partition coefficient (Wildman–Crippen LogP) is 3.63. The zero-order valence-corrected chi connectivity index (χ0v) is 18.0. The average Bonchev–Trinajstić information content (AvgIpc) is 3.17. The summed E-state index contributed by atoms with van der Waals surface area (Å²) in [6.07, 6.45) is 0. The van der Waals surface area contributed by atoms with Crippen LogP contribution in [0.3, 0.4) is 0 Å². The summed E-state index contributed by atoms with van der Waals surface area (Å²) in [6.45, 7) is 9.70. The molecule has 0 fully saturated rings. The van der Waals surface area contributed by atoms with Crippen molar-refractivity contribution >= 4 is 33.4 Å². The molecule has 1 aromatic carbocycles. The smallest absolute Gasteiger partial charge is 0.262 e. The number of thiophene rings is 1. The molecule has 0 saturated heterocycles. The highest BCUT2D eigenvalue weighted by molar-refractivity contribution is 7.20. The van der Waals surface area contributed by atoms with Crippen LogP contribution in [0.25, 0.3) is 10.2 Å². The van der Waals surface area contributed by atoms with Crippen LogP contribution in [0.4, 0.5) is 4.39 Å². The van der Waals surface area contributed by atoms with Crippen LogP contribution in [0, 0.1) is 12.7 Å². The number of fused-ring (bicyclic) bond motifs is 1. The highest BCUT2D eigenvalue weighted by atomic mass is 32.1. The fourth-order valence-corrected chi connectivity index (χ4v) is 3.97. The van der Waals surface area contributed by atoms with Gasteiger partial charge in [-0.1, -0.05) is 12.1 Å². The Labute approximate surface area is 173 Å². The number of rotatable bonds is 5. The Morgan fingerprint density at radius 3 is 2.52 bits per heavy atom. The molecular formula is C21H25FN4O2S. The van der Waals surface area contributed by atoms with Crippen molar-refractivity contribution in [2.45, 2.75) is 52.7 Å². The van der Waals surface area contributed by atoms with E-state index in [1.807, 2.05) is 32.4 Å². The summed E-state index contributed by atoms with van der Waals surface area (Å²) >= 11 is 1.32. The number of nitrogens with one attached hydrogen (secondary N) is 2. The number of hydrogen-bond donors (Lipinski definition) is 2. The molecule has 0 spiro atoms. The van der Waals surface area contributed by atoms with Crippen molar-refractivity contribution in [1.82, 2.24) is 20.4 Å². The fourth-order valence-electron chi connectivity index (χ4n) is 2.91. The number of carbonyl (C=O) groups is 2. The van der Waals surface area contributed by atoms with E-state index in [2.05, 4.69) is 15.7 Å². The third-order valence-electron chi connectivity index (χ3n) is 4.32. The van der Waals surface area contributed by atoms with Gasteiger partial charge in [-0.3, -0.25) is 14.3 Å². The van der Waals surface area contributed by atoms with Gasteiger partial charge in [-0.25, -0.2) is 4.39 Å². The average molecular weight is 417 g/mol. The van der Waals surface area contributed by atoms with Crippen LogP contribution in [-0.4, -0.2) is 33.2 Å². The molecule has 2 amide bonds. The van der Waals surface area contributed by atoms with Crippen molar-refractivity contribution in [3.8, 4) is 0 Å². The summed E-state index contributed by atoms with van der Waals surface area (Å²) in [5.41, 5.74) is 1.37. The van der Waals surface area contributed by atoms with Gasteiger partial charge < -0.3 is 10.6 Å². The molecule has 2 aromatic heterocycles. The molecule has 3 rings (SSSR count). The largest absolute Gasteiger partial charge is 0.350 e.